The molecule has 0 saturated heterocycles. The molecule has 1 unspecified atom stereocenters. The Morgan fingerprint density at radius 3 is 2.37 bits per heavy atom. The average Bonchev–Trinajstić information content (AvgIpc) is 2.93. The van der Waals surface area contributed by atoms with E-state index in [1.165, 1.54) is 6.42 Å². The predicted molar refractivity (Wildman–Crippen MR) is 166 cm³/mol. The van der Waals surface area contributed by atoms with Crippen LogP contribution in [0, 0.1) is 6.92 Å². The van der Waals surface area contributed by atoms with E-state index in [0.717, 1.165) is 47.9 Å². The van der Waals surface area contributed by atoms with Gasteiger partial charge in [-0.2, -0.15) is 16.6 Å². The van der Waals surface area contributed by atoms with E-state index in [9.17, 15) is 19.5 Å². The van der Waals surface area contributed by atoms with Gasteiger partial charge in [-0.05, 0) is 87.3 Å². The highest BCUT2D eigenvalue weighted by Crippen LogP contribution is 2.32. The number of nitrogens with one attached hydrogen (secondary N) is 1. The lowest BCUT2D eigenvalue weighted by Crippen LogP contribution is -2.59. The van der Waals surface area contributed by atoms with Gasteiger partial charge in [0.05, 0.1) is 19.6 Å². The molecule has 2 N–H and O–H groups in total. The van der Waals surface area contributed by atoms with Crippen LogP contribution in [0.2, 0.25) is 0 Å². The van der Waals surface area contributed by atoms with Gasteiger partial charge in [0.1, 0.15) is 11.6 Å². The summed E-state index contributed by atoms with van der Waals surface area (Å²) in [5.74, 6) is -0.806. The molecule has 2 aromatic rings. The molecule has 0 heterocycles. The molecule has 3 rings (SSSR count). The number of carboxylic acid groups (broad SMARTS) is 1. The molecule has 2 amide bonds. The Morgan fingerprint density at radius 1 is 1.07 bits per heavy atom. The number of likely N-dealkylation sites (N-methyl/N-ethyl adjacent to an activating group) is 1. The molecule has 0 aliphatic heterocycles. The third-order valence-electron chi connectivity index (χ3n) is 8.03. The van der Waals surface area contributed by atoms with Gasteiger partial charge >= 0.3 is 12.1 Å². The number of hydrogen-bond donors (Lipinski definition) is 2. The Bertz CT molecular complexity index is 1220. The molecule has 0 spiro atoms. The summed E-state index contributed by atoms with van der Waals surface area (Å²) in [5.41, 5.74) is 3.59. The summed E-state index contributed by atoms with van der Waals surface area (Å²) < 4.78 is 6.15. The molecule has 7 nitrogen and oxygen atoms in total. The molecule has 0 radical (unpaired) electrons. The number of ether oxygens (including phenoxy) is 1. The Balaban J connectivity index is 1.95. The first-order chi connectivity index (χ1) is 19.4. The maximum Gasteiger partial charge on any atom is 0.516 e. The average molecular weight is 584 g/mol. The maximum absolute atomic E-state index is 13.6. The van der Waals surface area contributed by atoms with Crippen molar-refractivity contribution < 1.29 is 28.7 Å². The second-order valence-corrected chi connectivity index (χ2v) is 13.3. The van der Waals surface area contributed by atoms with Crippen LogP contribution in [0.5, 0.6) is 0 Å². The maximum atomic E-state index is 13.6. The van der Waals surface area contributed by atoms with Crippen LogP contribution in [0.15, 0.2) is 42.5 Å². The first-order valence-electron chi connectivity index (χ1n) is 14.7. The minimum Gasteiger partial charge on any atom is -0.480 e. The van der Waals surface area contributed by atoms with E-state index in [1.54, 1.807) is 17.8 Å². The van der Waals surface area contributed by atoms with Crippen LogP contribution >= 0.6 is 11.8 Å². The monoisotopic (exact) mass is 583 g/mol. The molecular weight excluding hydrogens is 536 g/mol. The number of aliphatic carboxylic acids is 1. The van der Waals surface area contributed by atoms with Crippen LogP contribution in [-0.4, -0.2) is 70.8 Å². The fraction of sp³-hybridized carbons (Fsp3) is 0.545. The standard InChI is InChI=1S/C33H46N2O5S/c1-23-12-10-11-15-26(23)28-22-24(16-17-27(28)30(36)34-29(31(37)38)19-21-41-6)18-20-35(5,25-13-8-7-9-14-25)32(39)40-33(2,3)4/h10-12,15-17,22,25,29H,7-9,13-14,18-21H2,1-6H3,(H-,34,36,37,38)/p+1/t29-,35?/m0/s1. The topological polar surface area (TPSA) is 92.7 Å². The van der Waals surface area contributed by atoms with E-state index in [1.807, 2.05) is 77.4 Å². The van der Waals surface area contributed by atoms with Crippen molar-refractivity contribution in [3.05, 3.63) is 59.2 Å². The van der Waals surface area contributed by atoms with Gasteiger partial charge in [0.2, 0.25) is 0 Å². The number of amides is 2. The Morgan fingerprint density at radius 2 is 1.76 bits per heavy atom. The largest absolute Gasteiger partial charge is 0.516 e. The number of carbonyl (C=O) groups is 3. The third-order valence-corrected chi connectivity index (χ3v) is 8.68. The first kappa shape index (κ1) is 32.7. The van der Waals surface area contributed by atoms with Crippen LogP contribution in [0.25, 0.3) is 11.1 Å². The Kier molecular flexibility index (Phi) is 11.4. The number of hydrogen-bond acceptors (Lipinski definition) is 5. The number of quaternary nitrogens is 1. The molecule has 41 heavy (non-hydrogen) atoms. The van der Waals surface area contributed by atoms with Crippen molar-refractivity contribution in [3.8, 4) is 11.1 Å². The summed E-state index contributed by atoms with van der Waals surface area (Å²) in [7, 11) is 2.01. The smallest absolute Gasteiger partial charge is 0.480 e. The zero-order valence-electron chi connectivity index (χ0n) is 25.5. The van der Waals surface area contributed by atoms with Gasteiger partial charge in [-0.25, -0.2) is 9.28 Å². The van der Waals surface area contributed by atoms with E-state index in [0.29, 0.717) is 30.7 Å². The number of carbonyl (C=O) groups excluding carboxylic acids is 2. The molecule has 1 aliphatic rings. The third kappa shape index (κ3) is 8.82. The van der Waals surface area contributed by atoms with Crippen molar-refractivity contribution in [1.82, 2.24) is 5.32 Å². The molecule has 1 aliphatic carbocycles. The first-order valence-corrected chi connectivity index (χ1v) is 16.1. The van der Waals surface area contributed by atoms with Crippen LogP contribution in [0.4, 0.5) is 4.79 Å². The van der Waals surface area contributed by atoms with E-state index in [-0.39, 0.29) is 16.6 Å². The van der Waals surface area contributed by atoms with Gasteiger partial charge in [0.25, 0.3) is 5.91 Å². The van der Waals surface area contributed by atoms with Gasteiger partial charge < -0.3 is 15.2 Å². The summed E-state index contributed by atoms with van der Waals surface area (Å²) in [4.78, 5) is 38.8. The number of rotatable bonds is 11. The Hall–Kier alpha value is -2.84. The van der Waals surface area contributed by atoms with Gasteiger partial charge in [-0.1, -0.05) is 42.8 Å². The zero-order chi connectivity index (χ0) is 30.2. The highest BCUT2D eigenvalue weighted by Gasteiger charge is 2.43. The van der Waals surface area contributed by atoms with Gasteiger partial charge in [0, 0.05) is 24.8 Å². The number of carboxylic acids is 1. The van der Waals surface area contributed by atoms with Gasteiger partial charge in [0.15, 0.2) is 0 Å². The summed E-state index contributed by atoms with van der Waals surface area (Å²) in [6, 6.07) is 12.9. The number of benzene rings is 2. The lowest BCUT2D eigenvalue weighted by Gasteiger charge is -2.41. The van der Waals surface area contributed by atoms with Crippen molar-refractivity contribution in [2.45, 2.75) is 90.3 Å². The molecule has 0 aromatic heterocycles. The predicted octanol–water partition coefficient (Wildman–Crippen LogP) is 6.86. The molecule has 0 bridgehead atoms. The summed E-state index contributed by atoms with van der Waals surface area (Å²) >= 11 is 1.55. The minimum absolute atomic E-state index is 0.190. The Labute approximate surface area is 249 Å². The highest BCUT2D eigenvalue weighted by atomic mass is 32.2. The molecule has 1 fully saturated rings. The number of thioether (sulfide) groups is 1. The second-order valence-electron chi connectivity index (χ2n) is 12.4. The number of nitrogens with zero attached hydrogens (tertiary/aromatic N) is 1. The van der Waals surface area contributed by atoms with Crippen LogP contribution in [-0.2, 0) is 16.0 Å². The molecular formula is C33H47N2O5S+. The fourth-order valence-corrected chi connectivity index (χ4v) is 6.04. The molecule has 8 heteroatoms. The normalized spacial score (nSPS) is 16.4. The van der Waals surface area contributed by atoms with Crippen LogP contribution in [0.3, 0.4) is 0 Å². The second kappa shape index (κ2) is 14.4. The van der Waals surface area contributed by atoms with Crippen molar-refractivity contribution in [3.63, 3.8) is 0 Å². The number of aryl methyl sites for hydroxylation is 1. The lowest BCUT2D eigenvalue weighted by molar-refractivity contribution is -0.866. The zero-order valence-corrected chi connectivity index (χ0v) is 26.3. The molecule has 1 saturated carbocycles. The minimum atomic E-state index is -1.04. The van der Waals surface area contributed by atoms with E-state index >= 15 is 0 Å². The molecule has 2 aromatic carbocycles. The highest BCUT2D eigenvalue weighted by molar-refractivity contribution is 7.98. The lowest BCUT2D eigenvalue weighted by atomic mass is 9.91. The van der Waals surface area contributed by atoms with E-state index < -0.39 is 23.5 Å². The van der Waals surface area contributed by atoms with Crippen molar-refractivity contribution in [1.29, 1.82) is 0 Å². The van der Waals surface area contributed by atoms with E-state index in [2.05, 4.69) is 5.32 Å². The quantitative estimate of drug-likeness (QED) is 0.281. The van der Waals surface area contributed by atoms with Crippen molar-refractivity contribution >= 4 is 29.7 Å². The summed E-state index contributed by atoms with van der Waals surface area (Å²) in [6.45, 7) is 8.31. The van der Waals surface area contributed by atoms with Crippen molar-refractivity contribution in [2.75, 3.05) is 25.6 Å². The van der Waals surface area contributed by atoms with Crippen LogP contribution in [0.1, 0.15) is 80.8 Å². The molecule has 224 valence electrons. The fourth-order valence-electron chi connectivity index (χ4n) is 5.57. The van der Waals surface area contributed by atoms with Crippen molar-refractivity contribution in [2.24, 2.45) is 0 Å². The van der Waals surface area contributed by atoms with E-state index in [4.69, 9.17) is 4.74 Å². The van der Waals surface area contributed by atoms with Gasteiger partial charge in [-0.3, -0.25) is 4.79 Å². The van der Waals surface area contributed by atoms with Gasteiger partial charge in [-0.15, -0.1) is 0 Å². The SMILES string of the molecule is CSCC[C@H](NC(=O)c1ccc(CC[N+](C)(C(=O)OC(C)(C)C)C2CCCCC2)cc1-c1ccccc1C)C(=O)O. The summed E-state index contributed by atoms with van der Waals surface area (Å²) in [6.07, 6.45) is 8.17. The summed E-state index contributed by atoms with van der Waals surface area (Å²) in [5, 5.41) is 12.4. The molecule has 2 atom stereocenters. The van der Waals surface area contributed by atoms with Crippen LogP contribution < -0.4 is 5.32 Å².